The first-order valence-corrected chi connectivity index (χ1v) is 9.28. The molecule has 1 aliphatic heterocycles. The second-order valence-electron chi connectivity index (χ2n) is 8.72. The molecule has 1 saturated heterocycles. The van der Waals surface area contributed by atoms with Gasteiger partial charge < -0.3 is 9.80 Å². The highest BCUT2D eigenvalue weighted by atomic mass is 16.2. The molecule has 2 heterocycles. The molecule has 1 aromatic heterocycles. The van der Waals surface area contributed by atoms with Gasteiger partial charge in [0.2, 0.25) is 0 Å². The van der Waals surface area contributed by atoms with Crippen LogP contribution in [0.15, 0.2) is 6.07 Å². The molecule has 5 heteroatoms. The Hall–Kier alpha value is -1.36. The maximum Gasteiger partial charge on any atom is 0.274 e. The van der Waals surface area contributed by atoms with Crippen LogP contribution < -0.4 is 0 Å². The number of likely N-dealkylation sites (tertiary alicyclic amines) is 1. The average Bonchev–Trinajstić information content (AvgIpc) is 3.10. The van der Waals surface area contributed by atoms with Crippen molar-refractivity contribution in [2.24, 2.45) is 5.92 Å². The summed E-state index contributed by atoms with van der Waals surface area (Å²) in [6.45, 7) is 10.3. The second kappa shape index (κ2) is 6.17. The first-order chi connectivity index (χ1) is 11.2. The maximum absolute atomic E-state index is 13.0. The molecule has 0 N–H and O–H groups in total. The minimum Gasteiger partial charge on any atom is -0.335 e. The largest absolute Gasteiger partial charge is 0.335 e. The zero-order chi connectivity index (χ0) is 17.6. The Kier molecular flexibility index (Phi) is 4.49. The summed E-state index contributed by atoms with van der Waals surface area (Å²) in [5.41, 5.74) is 1.78. The molecular weight excluding hydrogens is 300 g/mol. The van der Waals surface area contributed by atoms with Crippen molar-refractivity contribution in [3.63, 3.8) is 0 Å². The lowest BCUT2D eigenvalue weighted by atomic mass is 10.0. The topological polar surface area (TPSA) is 41.4 Å². The minimum atomic E-state index is -0.0837. The smallest absolute Gasteiger partial charge is 0.274 e. The Balaban J connectivity index is 1.83. The molecule has 0 spiro atoms. The summed E-state index contributed by atoms with van der Waals surface area (Å²) in [7, 11) is 4.22. The number of hydrogen-bond donors (Lipinski definition) is 0. The Morgan fingerprint density at radius 3 is 2.42 bits per heavy atom. The van der Waals surface area contributed by atoms with Gasteiger partial charge in [0.05, 0.1) is 5.54 Å². The van der Waals surface area contributed by atoms with Gasteiger partial charge >= 0.3 is 0 Å². The molecule has 0 aromatic carbocycles. The van der Waals surface area contributed by atoms with Crippen LogP contribution in [0.4, 0.5) is 0 Å². The van der Waals surface area contributed by atoms with E-state index in [4.69, 9.17) is 5.10 Å². The summed E-state index contributed by atoms with van der Waals surface area (Å²) in [6.07, 6.45) is 3.55. The standard InChI is InChI=1S/C19H32N4O/c1-7-13-11-22(12-17(13)21(5)6)18(24)15-10-16(14-8-9-14)23(20-15)19(2,3)4/h10,13-14,17H,7-9,11-12H2,1-6H3/t13-,17-/m1/s1. The molecule has 2 atom stereocenters. The van der Waals surface area contributed by atoms with Gasteiger partial charge in [0, 0.05) is 30.7 Å². The van der Waals surface area contributed by atoms with Gasteiger partial charge in [-0.25, -0.2) is 0 Å². The van der Waals surface area contributed by atoms with E-state index >= 15 is 0 Å². The lowest BCUT2D eigenvalue weighted by Crippen LogP contribution is -2.36. The molecule has 1 amide bonds. The molecule has 1 aliphatic carbocycles. The number of amides is 1. The first kappa shape index (κ1) is 17.5. The number of carbonyl (C=O) groups is 1. The van der Waals surface area contributed by atoms with Crippen molar-refractivity contribution in [2.75, 3.05) is 27.2 Å². The Bertz CT molecular complexity index is 609. The summed E-state index contributed by atoms with van der Waals surface area (Å²) in [4.78, 5) is 17.3. The van der Waals surface area contributed by atoms with Gasteiger partial charge in [-0.3, -0.25) is 9.48 Å². The molecule has 0 unspecified atom stereocenters. The monoisotopic (exact) mass is 332 g/mol. The van der Waals surface area contributed by atoms with Gasteiger partial charge in [-0.2, -0.15) is 5.10 Å². The molecule has 1 aromatic rings. The second-order valence-corrected chi connectivity index (χ2v) is 8.72. The third-order valence-corrected chi connectivity index (χ3v) is 5.47. The predicted molar refractivity (Wildman–Crippen MR) is 96.4 cm³/mol. The highest BCUT2D eigenvalue weighted by molar-refractivity contribution is 5.92. The van der Waals surface area contributed by atoms with Crippen molar-refractivity contribution < 1.29 is 4.79 Å². The van der Waals surface area contributed by atoms with Crippen LogP contribution in [0.25, 0.3) is 0 Å². The molecule has 24 heavy (non-hydrogen) atoms. The van der Waals surface area contributed by atoms with E-state index in [-0.39, 0.29) is 11.4 Å². The fourth-order valence-corrected chi connectivity index (χ4v) is 3.88. The quantitative estimate of drug-likeness (QED) is 0.851. The van der Waals surface area contributed by atoms with Crippen molar-refractivity contribution in [1.29, 1.82) is 0 Å². The number of aromatic nitrogens is 2. The number of likely N-dealkylation sites (N-methyl/N-ethyl adjacent to an activating group) is 1. The lowest BCUT2D eigenvalue weighted by Gasteiger charge is -2.23. The van der Waals surface area contributed by atoms with E-state index in [0.717, 1.165) is 19.5 Å². The third-order valence-electron chi connectivity index (χ3n) is 5.47. The van der Waals surface area contributed by atoms with Crippen LogP contribution in [0.5, 0.6) is 0 Å². The van der Waals surface area contributed by atoms with E-state index < -0.39 is 0 Å². The zero-order valence-corrected chi connectivity index (χ0v) is 16.0. The summed E-state index contributed by atoms with van der Waals surface area (Å²) in [5, 5.41) is 4.72. The summed E-state index contributed by atoms with van der Waals surface area (Å²) >= 11 is 0. The fourth-order valence-electron chi connectivity index (χ4n) is 3.88. The zero-order valence-electron chi connectivity index (χ0n) is 16.0. The van der Waals surface area contributed by atoms with E-state index in [1.54, 1.807) is 0 Å². The molecule has 134 valence electrons. The van der Waals surface area contributed by atoms with Crippen LogP contribution in [0.1, 0.15) is 69.1 Å². The van der Waals surface area contributed by atoms with E-state index in [2.05, 4.69) is 57.4 Å². The molecule has 0 bridgehead atoms. The average molecular weight is 332 g/mol. The maximum atomic E-state index is 13.0. The van der Waals surface area contributed by atoms with Crippen molar-refractivity contribution in [1.82, 2.24) is 19.6 Å². The van der Waals surface area contributed by atoms with Crippen molar-refractivity contribution in [3.05, 3.63) is 17.5 Å². The van der Waals surface area contributed by atoms with Gasteiger partial charge in [0.25, 0.3) is 5.91 Å². The molecule has 3 rings (SSSR count). The number of nitrogens with zero attached hydrogens (tertiary/aromatic N) is 4. The van der Waals surface area contributed by atoms with Crippen LogP contribution >= 0.6 is 0 Å². The van der Waals surface area contributed by atoms with Gasteiger partial charge in [0.1, 0.15) is 0 Å². The minimum absolute atomic E-state index is 0.0837. The van der Waals surface area contributed by atoms with E-state index in [1.165, 1.54) is 18.5 Å². The molecule has 0 radical (unpaired) electrons. The SMILES string of the molecule is CC[C@@H]1CN(C(=O)c2cc(C3CC3)n(C(C)(C)C)n2)C[C@H]1N(C)C. The number of carbonyl (C=O) groups excluding carboxylic acids is 1. The van der Waals surface area contributed by atoms with Crippen LogP contribution in [-0.2, 0) is 5.54 Å². The summed E-state index contributed by atoms with van der Waals surface area (Å²) in [5.74, 6) is 1.24. The molecular formula is C19H32N4O. The van der Waals surface area contributed by atoms with Crippen LogP contribution in [0.2, 0.25) is 0 Å². The Labute approximate surface area is 146 Å². The van der Waals surface area contributed by atoms with Crippen LogP contribution in [-0.4, -0.2) is 58.7 Å². The van der Waals surface area contributed by atoms with E-state index in [1.807, 2.05) is 4.90 Å². The van der Waals surface area contributed by atoms with E-state index in [0.29, 0.717) is 23.6 Å². The molecule has 2 fully saturated rings. The Morgan fingerprint density at radius 2 is 1.96 bits per heavy atom. The highest BCUT2D eigenvalue weighted by Gasteiger charge is 2.38. The third kappa shape index (κ3) is 3.23. The fraction of sp³-hybridized carbons (Fsp3) is 0.789. The normalized spacial score (nSPS) is 24.9. The molecule has 2 aliphatic rings. The highest BCUT2D eigenvalue weighted by Crippen LogP contribution is 2.42. The van der Waals surface area contributed by atoms with Crippen molar-refractivity contribution in [2.45, 2.75) is 64.5 Å². The molecule has 1 saturated carbocycles. The van der Waals surface area contributed by atoms with Crippen LogP contribution in [0, 0.1) is 5.92 Å². The van der Waals surface area contributed by atoms with E-state index in [9.17, 15) is 4.79 Å². The first-order valence-electron chi connectivity index (χ1n) is 9.28. The van der Waals surface area contributed by atoms with Gasteiger partial charge in [-0.1, -0.05) is 13.3 Å². The predicted octanol–water partition coefficient (Wildman–Crippen LogP) is 2.93. The van der Waals surface area contributed by atoms with Gasteiger partial charge in [-0.15, -0.1) is 0 Å². The summed E-state index contributed by atoms with van der Waals surface area (Å²) in [6, 6.07) is 2.50. The van der Waals surface area contributed by atoms with Crippen molar-refractivity contribution in [3.8, 4) is 0 Å². The van der Waals surface area contributed by atoms with Gasteiger partial charge in [-0.05, 0) is 59.7 Å². The number of hydrogen-bond acceptors (Lipinski definition) is 3. The van der Waals surface area contributed by atoms with Crippen LogP contribution in [0.3, 0.4) is 0 Å². The number of rotatable bonds is 4. The Morgan fingerprint density at radius 1 is 1.29 bits per heavy atom. The van der Waals surface area contributed by atoms with Gasteiger partial charge in [0.15, 0.2) is 5.69 Å². The molecule has 5 nitrogen and oxygen atoms in total. The summed E-state index contributed by atoms with van der Waals surface area (Å²) < 4.78 is 2.08. The van der Waals surface area contributed by atoms with Crippen molar-refractivity contribution >= 4 is 5.91 Å². The lowest BCUT2D eigenvalue weighted by molar-refractivity contribution is 0.0773.